The molecule has 0 saturated carbocycles. The van der Waals surface area contributed by atoms with Crippen LogP contribution in [0.3, 0.4) is 0 Å². The van der Waals surface area contributed by atoms with Crippen molar-refractivity contribution in [3.05, 3.63) is 91.6 Å². The summed E-state index contributed by atoms with van der Waals surface area (Å²) in [6.45, 7) is 0.239. The van der Waals surface area contributed by atoms with Crippen LogP contribution in [0.4, 0.5) is 0 Å². The Labute approximate surface area is 152 Å². The first-order valence-corrected chi connectivity index (χ1v) is 8.22. The Morgan fingerprint density at radius 1 is 1.12 bits per heavy atom. The molecule has 1 amide bonds. The van der Waals surface area contributed by atoms with Crippen LogP contribution in [0.15, 0.2) is 64.4 Å². The van der Waals surface area contributed by atoms with Crippen LogP contribution in [0.1, 0.15) is 15.9 Å². The highest BCUT2D eigenvalue weighted by Gasteiger charge is 2.17. The molecule has 0 radical (unpaired) electrons. The Balaban J connectivity index is 1.76. The Morgan fingerprint density at radius 2 is 1.88 bits per heavy atom. The van der Waals surface area contributed by atoms with Gasteiger partial charge < -0.3 is 5.32 Å². The van der Waals surface area contributed by atoms with E-state index in [0.29, 0.717) is 16.1 Å². The number of aromatic nitrogens is 2. The van der Waals surface area contributed by atoms with Crippen molar-refractivity contribution in [1.29, 1.82) is 0 Å². The maximum atomic E-state index is 12.7. The number of hydrogen-bond donors (Lipinski definition) is 1. The quantitative estimate of drug-likeness (QED) is 0.603. The second kappa shape index (κ2) is 6.24. The summed E-state index contributed by atoms with van der Waals surface area (Å²) in [7, 11) is 0. The van der Waals surface area contributed by atoms with Gasteiger partial charge in [-0.2, -0.15) is 0 Å². The van der Waals surface area contributed by atoms with Crippen molar-refractivity contribution in [2.75, 3.05) is 0 Å². The topological polar surface area (TPSA) is 80.5 Å². The average molecular weight is 366 g/mol. The average Bonchev–Trinajstić information content (AvgIpc) is 2.65. The van der Waals surface area contributed by atoms with E-state index in [9.17, 15) is 14.4 Å². The summed E-state index contributed by atoms with van der Waals surface area (Å²) in [5, 5.41) is 3.58. The second-order valence-electron chi connectivity index (χ2n) is 5.82. The number of nitrogens with zero attached hydrogens (tertiary/aromatic N) is 2. The van der Waals surface area contributed by atoms with Gasteiger partial charge in [0.05, 0.1) is 17.2 Å². The normalized spacial score (nSPS) is 11.1. The third-order valence-electron chi connectivity index (χ3n) is 4.17. The molecule has 0 aliphatic carbocycles. The van der Waals surface area contributed by atoms with Gasteiger partial charge in [0.1, 0.15) is 5.56 Å². The van der Waals surface area contributed by atoms with Crippen LogP contribution in [0.5, 0.6) is 0 Å². The number of nitrogens with one attached hydrogen (secondary N) is 1. The van der Waals surface area contributed by atoms with E-state index in [1.165, 1.54) is 16.8 Å². The van der Waals surface area contributed by atoms with Gasteiger partial charge >= 0.3 is 0 Å². The molecule has 128 valence electrons. The monoisotopic (exact) mass is 365 g/mol. The maximum absolute atomic E-state index is 12.7. The summed E-state index contributed by atoms with van der Waals surface area (Å²) in [5.74, 6) is -0.545. The first-order chi connectivity index (χ1) is 12.5. The summed E-state index contributed by atoms with van der Waals surface area (Å²) < 4.78 is 1.29. The molecule has 2 aromatic heterocycles. The Morgan fingerprint density at radius 3 is 2.65 bits per heavy atom. The van der Waals surface area contributed by atoms with Crippen molar-refractivity contribution in [3.8, 4) is 0 Å². The summed E-state index contributed by atoms with van der Waals surface area (Å²) in [6.07, 6.45) is 2.44. The standard InChI is InChI=1S/C19H12ClN3O3/c20-12-6-4-11(5-7-12)8-22-19(26)14-10-23-16(24)9-21-15-3-1-2-13(17(15)23)18(14)25/h1-7,9-10H,8H2,(H,22,26). The number of para-hydroxylation sites is 1. The van der Waals surface area contributed by atoms with E-state index in [4.69, 9.17) is 11.6 Å². The molecule has 0 saturated heterocycles. The molecule has 0 bridgehead atoms. The zero-order chi connectivity index (χ0) is 18.3. The maximum Gasteiger partial charge on any atom is 0.273 e. The number of carbonyl (C=O) groups is 1. The third kappa shape index (κ3) is 2.70. The highest BCUT2D eigenvalue weighted by Crippen LogP contribution is 2.15. The summed E-state index contributed by atoms with van der Waals surface area (Å²) >= 11 is 5.84. The smallest absolute Gasteiger partial charge is 0.273 e. The fourth-order valence-corrected chi connectivity index (χ4v) is 3.00. The molecule has 0 unspecified atom stereocenters. The molecular formula is C19H12ClN3O3. The molecule has 2 heterocycles. The van der Waals surface area contributed by atoms with Gasteiger partial charge in [0.15, 0.2) is 0 Å². The molecule has 4 aromatic rings. The van der Waals surface area contributed by atoms with Crippen LogP contribution in [0, 0.1) is 0 Å². The van der Waals surface area contributed by atoms with Crippen molar-refractivity contribution >= 4 is 33.9 Å². The second-order valence-corrected chi connectivity index (χ2v) is 6.26. The van der Waals surface area contributed by atoms with Gasteiger partial charge in [0.2, 0.25) is 5.43 Å². The fraction of sp³-hybridized carbons (Fsp3) is 0.0526. The van der Waals surface area contributed by atoms with E-state index in [1.807, 2.05) is 0 Å². The van der Waals surface area contributed by atoms with E-state index >= 15 is 0 Å². The lowest BCUT2D eigenvalue weighted by molar-refractivity contribution is 0.0949. The first-order valence-electron chi connectivity index (χ1n) is 7.84. The SMILES string of the molecule is O=C(NCc1ccc(Cl)cc1)c1cn2c(=O)cnc3cccc(c1=O)c32. The number of carbonyl (C=O) groups excluding carboxylic acids is 1. The van der Waals surface area contributed by atoms with E-state index in [-0.39, 0.29) is 17.5 Å². The van der Waals surface area contributed by atoms with Gasteiger partial charge in [-0.15, -0.1) is 0 Å². The minimum absolute atomic E-state index is 0.0905. The molecule has 0 atom stereocenters. The third-order valence-corrected chi connectivity index (χ3v) is 4.42. The van der Waals surface area contributed by atoms with Crippen molar-refractivity contribution in [3.63, 3.8) is 0 Å². The number of amides is 1. The molecule has 0 aliphatic heterocycles. The predicted octanol–water partition coefficient (Wildman–Crippen LogP) is 2.23. The summed E-state index contributed by atoms with van der Waals surface area (Å²) in [6, 6.07) is 12.0. The van der Waals surface area contributed by atoms with E-state index in [1.54, 1.807) is 42.5 Å². The molecule has 0 spiro atoms. The first kappa shape index (κ1) is 16.2. The van der Waals surface area contributed by atoms with Gasteiger partial charge in [-0.05, 0) is 29.8 Å². The van der Waals surface area contributed by atoms with Crippen LogP contribution in [0.25, 0.3) is 16.4 Å². The molecule has 0 fully saturated rings. The van der Waals surface area contributed by atoms with Gasteiger partial charge in [-0.3, -0.25) is 18.8 Å². The molecule has 4 rings (SSSR count). The van der Waals surface area contributed by atoms with Crippen molar-refractivity contribution in [1.82, 2.24) is 14.7 Å². The number of benzene rings is 2. The molecule has 7 heteroatoms. The van der Waals surface area contributed by atoms with Gasteiger partial charge in [0.25, 0.3) is 11.5 Å². The molecule has 2 aromatic carbocycles. The van der Waals surface area contributed by atoms with Crippen molar-refractivity contribution < 1.29 is 4.79 Å². The van der Waals surface area contributed by atoms with E-state index < -0.39 is 16.9 Å². The highest BCUT2D eigenvalue weighted by molar-refractivity contribution is 6.30. The van der Waals surface area contributed by atoms with Crippen molar-refractivity contribution in [2.24, 2.45) is 0 Å². The lowest BCUT2D eigenvalue weighted by atomic mass is 10.1. The van der Waals surface area contributed by atoms with E-state index in [2.05, 4.69) is 10.3 Å². The number of pyridine rings is 1. The highest BCUT2D eigenvalue weighted by atomic mass is 35.5. The Bertz CT molecular complexity index is 1240. The van der Waals surface area contributed by atoms with Crippen molar-refractivity contribution in [2.45, 2.75) is 6.54 Å². The molecule has 0 aliphatic rings. The summed E-state index contributed by atoms with van der Waals surface area (Å²) in [5.41, 5.74) is 0.853. The lowest BCUT2D eigenvalue weighted by Gasteiger charge is -2.09. The fourth-order valence-electron chi connectivity index (χ4n) is 2.87. The molecule has 1 N–H and O–H groups in total. The molecule has 6 nitrogen and oxygen atoms in total. The predicted molar refractivity (Wildman–Crippen MR) is 99.0 cm³/mol. The van der Waals surface area contributed by atoms with Crippen LogP contribution in [-0.2, 0) is 6.54 Å². The minimum atomic E-state index is -0.545. The van der Waals surface area contributed by atoms with Crippen LogP contribution < -0.4 is 16.3 Å². The zero-order valence-electron chi connectivity index (χ0n) is 13.4. The van der Waals surface area contributed by atoms with Crippen LogP contribution in [0.2, 0.25) is 5.02 Å². The Kier molecular flexibility index (Phi) is 3.89. The largest absolute Gasteiger partial charge is 0.348 e. The van der Waals surface area contributed by atoms with Gasteiger partial charge in [-0.25, -0.2) is 4.98 Å². The zero-order valence-corrected chi connectivity index (χ0v) is 14.2. The summed E-state index contributed by atoms with van der Waals surface area (Å²) in [4.78, 5) is 41.4. The number of rotatable bonds is 3. The number of halogens is 1. The molecular weight excluding hydrogens is 354 g/mol. The lowest BCUT2D eigenvalue weighted by Crippen LogP contribution is -2.30. The minimum Gasteiger partial charge on any atom is -0.348 e. The van der Waals surface area contributed by atoms with Gasteiger partial charge in [0, 0.05) is 23.2 Å². The van der Waals surface area contributed by atoms with Gasteiger partial charge in [-0.1, -0.05) is 29.8 Å². The van der Waals surface area contributed by atoms with Crippen LogP contribution in [-0.4, -0.2) is 15.3 Å². The number of hydrogen-bond acceptors (Lipinski definition) is 4. The van der Waals surface area contributed by atoms with Crippen LogP contribution >= 0.6 is 11.6 Å². The molecule has 26 heavy (non-hydrogen) atoms. The Hall–Kier alpha value is -3.25. The van der Waals surface area contributed by atoms with E-state index in [0.717, 1.165) is 5.56 Å².